The van der Waals surface area contributed by atoms with Crippen LogP contribution in [0.25, 0.3) is 11.3 Å². The number of carbonyl (C=O) groups is 2. The molecule has 2 aliphatic heterocycles. The molecular weight excluding hydrogens is 588 g/mol. The highest BCUT2D eigenvalue weighted by molar-refractivity contribution is 6.02. The number of rotatable bonds is 9. The molecule has 238 valence electrons. The van der Waals surface area contributed by atoms with Crippen LogP contribution >= 0.6 is 0 Å². The fourth-order valence-electron chi connectivity index (χ4n) is 6.02. The summed E-state index contributed by atoms with van der Waals surface area (Å²) >= 11 is 0. The summed E-state index contributed by atoms with van der Waals surface area (Å²) in [5, 5.41) is 9.15. The van der Waals surface area contributed by atoms with Crippen LogP contribution < -0.4 is 20.9 Å². The number of fused-ring (bicyclic) bond motifs is 1. The molecule has 0 radical (unpaired) electrons. The van der Waals surface area contributed by atoms with Crippen LogP contribution in [-0.2, 0) is 6.54 Å². The molecular formula is C35H37F2N7O2. The molecule has 0 spiro atoms. The fraction of sp³-hybridized carbons (Fsp3) is 0.314. The number of carbonyl (C=O) groups excluding carboxylic acids is 2. The molecule has 6 rings (SSSR count). The molecule has 0 saturated carbocycles. The Kier molecular flexibility index (Phi) is 8.94. The summed E-state index contributed by atoms with van der Waals surface area (Å²) in [5.41, 5.74) is 3.30. The first-order valence-electron chi connectivity index (χ1n) is 15.6. The van der Waals surface area contributed by atoms with Crippen molar-refractivity contribution in [2.75, 3.05) is 29.9 Å². The monoisotopic (exact) mass is 625 g/mol. The number of hydrogen-bond donors (Lipinski definition) is 3. The molecule has 11 heteroatoms. The minimum Gasteiger partial charge on any atom is -0.350 e. The number of likely N-dealkylation sites (tertiary alicyclic amines) is 1. The first kappa shape index (κ1) is 31.1. The zero-order chi connectivity index (χ0) is 32.4. The fourth-order valence-corrected chi connectivity index (χ4v) is 6.02. The summed E-state index contributed by atoms with van der Waals surface area (Å²) in [6.45, 7) is 8.34. The Morgan fingerprint density at radius 1 is 0.978 bits per heavy atom. The average molecular weight is 626 g/mol. The van der Waals surface area contributed by atoms with Crippen LogP contribution in [0, 0.1) is 18.6 Å². The molecule has 0 aliphatic carbocycles. The number of nitrogens with zero attached hydrogens (tertiary/aromatic N) is 4. The minimum atomic E-state index is -0.905. The third kappa shape index (κ3) is 6.41. The van der Waals surface area contributed by atoms with Gasteiger partial charge in [-0.1, -0.05) is 42.5 Å². The molecule has 1 atom stereocenters. The van der Waals surface area contributed by atoms with Crippen molar-refractivity contribution in [3.05, 3.63) is 101 Å². The summed E-state index contributed by atoms with van der Waals surface area (Å²) in [5.74, 6) is -1.80. The van der Waals surface area contributed by atoms with Gasteiger partial charge >= 0.3 is 6.03 Å². The molecule has 3 amide bonds. The van der Waals surface area contributed by atoms with Crippen molar-refractivity contribution in [2.45, 2.75) is 52.2 Å². The van der Waals surface area contributed by atoms with Crippen molar-refractivity contribution >= 4 is 29.4 Å². The number of halogens is 2. The molecule has 1 fully saturated rings. The Balaban J connectivity index is 1.53. The molecule has 3 heterocycles. The van der Waals surface area contributed by atoms with Crippen LogP contribution in [0.3, 0.4) is 0 Å². The molecule has 1 saturated heterocycles. The van der Waals surface area contributed by atoms with Crippen LogP contribution in [0.4, 0.5) is 31.0 Å². The van der Waals surface area contributed by atoms with Crippen LogP contribution in [0.1, 0.15) is 59.8 Å². The van der Waals surface area contributed by atoms with E-state index in [1.807, 2.05) is 57.2 Å². The second-order valence-electron chi connectivity index (χ2n) is 12.0. The number of hydrogen-bond acceptors (Lipinski definition) is 6. The summed E-state index contributed by atoms with van der Waals surface area (Å²) in [7, 11) is 0. The quantitative estimate of drug-likeness (QED) is 0.197. The van der Waals surface area contributed by atoms with Crippen LogP contribution in [0.5, 0.6) is 0 Å². The molecule has 3 N–H and O–H groups in total. The highest BCUT2D eigenvalue weighted by Crippen LogP contribution is 2.39. The number of urea groups is 1. The minimum absolute atomic E-state index is 0.0219. The zero-order valence-electron chi connectivity index (χ0n) is 26.1. The highest BCUT2D eigenvalue weighted by atomic mass is 19.1. The SMILES string of the molecule is Cc1ccc(C(=O)NC(C)C)cc1-c1nc(NC(CN2CCCC2)c2ccccc2)nc2c1CNC(=O)N2c1c(F)cccc1F. The maximum absolute atomic E-state index is 15.2. The standard InChI is InChI=1S/C35H37F2N7O2/c1-21(2)39-33(45)24-15-14-22(3)25(18-24)30-26-19-38-35(46)44(31-27(36)12-9-13-28(31)37)32(26)42-34(41-30)40-29(20-43-16-7-8-17-43)23-10-5-4-6-11-23/h4-6,9-15,18,21,29H,7-8,16-17,19-20H2,1-3H3,(H,38,46)(H,39,45)(H,40,41,42). The van der Waals surface area contributed by atoms with Gasteiger partial charge in [-0.05, 0) is 82.1 Å². The lowest BCUT2D eigenvalue weighted by atomic mass is 9.97. The summed E-state index contributed by atoms with van der Waals surface area (Å²) in [6.07, 6.45) is 2.25. The number of benzene rings is 3. The molecule has 1 unspecified atom stereocenters. The van der Waals surface area contributed by atoms with Crippen molar-refractivity contribution < 1.29 is 18.4 Å². The smallest absolute Gasteiger partial charge is 0.328 e. The number of para-hydroxylation sites is 1. The summed E-state index contributed by atoms with van der Waals surface area (Å²) < 4.78 is 30.4. The number of nitrogens with one attached hydrogen (secondary N) is 3. The lowest BCUT2D eigenvalue weighted by Crippen LogP contribution is -2.43. The maximum atomic E-state index is 15.2. The topological polar surface area (TPSA) is 102 Å². The molecule has 3 aromatic carbocycles. The van der Waals surface area contributed by atoms with Gasteiger partial charge in [-0.25, -0.2) is 23.5 Å². The van der Waals surface area contributed by atoms with Gasteiger partial charge < -0.3 is 20.9 Å². The highest BCUT2D eigenvalue weighted by Gasteiger charge is 2.35. The zero-order valence-corrected chi connectivity index (χ0v) is 26.1. The van der Waals surface area contributed by atoms with Gasteiger partial charge in [0.25, 0.3) is 5.91 Å². The van der Waals surface area contributed by atoms with Crippen LogP contribution in [-0.4, -0.2) is 52.5 Å². The van der Waals surface area contributed by atoms with E-state index in [1.165, 1.54) is 6.07 Å². The van der Waals surface area contributed by atoms with E-state index in [-0.39, 0.29) is 36.3 Å². The Morgan fingerprint density at radius 3 is 2.39 bits per heavy atom. The van der Waals surface area contributed by atoms with Gasteiger partial charge in [0, 0.05) is 29.3 Å². The Bertz CT molecular complexity index is 1740. The van der Waals surface area contributed by atoms with Gasteiger partial charge in [-0.3, -0.25) is 4.79 Å². The molecule has 9 nitrogen and oxygen atoms in total. The van der Waals surface area contributed by atoms with Crippen LogP contribution in [0.2, 0.25) is 0 Å². The Morgan fingerprint density at radius 2 is 1.70 bits per heavy atom. The Hall–Kier alpha value is -4.90. The van der Waals surface area contributed by atoms with Gasteiger partial charge in [0.15, 0.2) is 5.82 Å². The molecule has 46 heavy (non-hydrogen) atoms. The lowest BCUT2D eigenvalue weighted by Gasteiger charge is -2.32. The van der Waals surface area contributed by atoms with Gasteiger partial charge in [0.05, 0.1) is 18.3 Å². The van der Waals surface area contributed by atoms with Crippen molar-refractivity contribution in [3.8, 4) is 11.3 Å². The number of aromatic nitrogens is 2. The second kappa shape index (κ2) is 13.2. The number of aryl methyl sites for hydroxylation is 1. The number of anilines is 3. The molecule has 1 aromatic heterocycles. The molecule has 4 aromatic rings. The number of amides is 3. The van der Waals surface area contributed by atoms with E-state index in [9.17, 15) is 9.59 Å². The van der Waals surface area contributed by atoms with Crippen molar-refractivity contribution in [1.82, 2.24) is 25.5 Å². The van der Waals surface area contributed by atoms with Crippen LogP contribution in [0.15, 0.2) is 66.7 Å². The third-order valence-corrected chi connectivity index (χ3v) is 8.30. The van der Waals surface area contributed by atoms with E-state index < -0.39 is 23.4 Å². The van der Waals surface area contributed by atoms with E-state index in [2.05, 4.69) is 20.9 Å². The van der Waals surface area contributed by atoms with E-state index in [4.69, 9.17) is 9.97 Å². The Labute approximate surface area is 267 Å². The first-order valence-corrected chi connectivity index (χ1v) is 15.6. The second-order valence-corrected chi connectivity index (χ2v) is 12.0. The summed E-state index contributed by atoms with van der Waals surface area (Å²) in [6, 6.07) is 17.7. The van der Waals surface area contributed by atoms with Gasteiger partial charge in [0.2, 0.25) is 5.95 Å². The average Bonchev–Trinajstić information content (AvgIpc) is 3.55. The van der Waals surface area contributed by atoms with Gasteiger partial charge in [-0.15, -0.1) is 0 Å². The normalized spacial score (nSPS) is 15.4. The van der Waals surface area contributed by atoms with E-state index in [0.29, 0.717) is 28.9 Å². The predicted molar refractivity (Wildman–Crippen MR) is 174 cm³/mol. The van der Waals surface area contributed by atoms with Crippen molar-refractivity contribution in [2.24, 2.45) is 0 Å². The van der Waals surface area contributed by atoms with E-state index in [1.54, 1.807) is 12.1 Å². The van der Waals surface area contributed by atoms with Crippen molar-refractivity contribution in [1.29, 1.82) is 0 Å². The lowest BCUT2D eigenvalue weighted by molar-refractivity contribution is 0.0943. The molecule has 0 bridgehead atoms. The van der Waals surface area contributed by atoms with Gasteiger partial charge in [0.1, 0.15) is 17.3 Å². The van der Waals surface area contributed by atoms with E-state index in [0.717, 1.165) is 54.1 Å². The maximum Gasteiger partial charge on any atom is 0.328 e. The largest absolute Gasteiger partial charge is 0.350 e. The third-order valence-electron chi connectivity index (χ3n) is 8.30. The summed E-state index contributed by atoms with van der Waals surface area (Å²) in [4.78, 5) is 39.4. The predicted octanol–water partition coefficient (Wildman–Crippen LogP) is 6.48. The molecule has 2 aliphatic rings. The van der Waals surface area contributed by atoms with Crippen molar-refractivity contribution in [3.63, 3.8) is 0 Å². The first-order chi connectivity index (χ1) is 22.2. The van der Waals surface area contributed by atoms with E-state index >= 15 is 8.78 Å². The van der Waals surface area contributed by atoms with Gasteiger partial charge in [-0.2, -0.15) is 4.98 Å².